The van der Waals surface area contributed by atoms with Crippen LogP contribution < -0.4 is 0 Å². The number of halogens is 1. The van der Waals surface area contributed by atoms with Gasteiger partial charge in [0.05, 0.1) is 5.52 Å². The Hall–Kier alpha value is -0.890. The summed E-state index contributed by atoms with van der Waals surface area (Å²) >= 11 is 3.84. The number of nitrogens with zero attached hydrogens (tertiary/aromatic N) is 1. The third kappa shape index (κ3) is 2.23. The van der Waals surface area contributed by atoms with Gasteiger partial charge in [-0.2, -0.15) is 0 Å². The van der Waals surface area contributed by atoms with Crippen molar-refractivity contribution in [1.29, 1.82) is 0 Å². The molecule has 0 N–H and O–H groups in total. The van der Waals surface area contributed by atoms with Crippen LogP contribution in [0.25, 0.3) is 10.9 Å². The number of fused-ring (bicyclic) bond motifs is 1. The van der Waals surface area contributed by atoms with Crippen LogP contribution in [-0.4, -0.2) is 9.81 Å². The van der Waals surface area contributed by atoms with Crippen molar-refractivity contribution in [2.45, 2.75) is 36.4 Å². The predicted octanol–water partition coefficient (Wildman–Crippen LogP) is 4.66. The van der Waals surface area contributed by atoms with E-state index < -0.39 is 0 Å². The second-order valence-electron chi connectivity index (χ2n) is 4.86. The van der Waals surface area contributed by atoms with Crippen LogP contribution in [0.15, 0.2) is 36.5 Å². The predicted molar refractivity (Wildman–Crippen MR) is 75.7 cm³/mol. The van der Waals surface area contributed by atoms with Crippen LogP contribution in [0.1, 0.15) is 37.2 Å². The van der Waals surface area contributed by atoms with Crippen molar-refractivity contribution < 1.29 is 0 Å². The SMILES string of the molecule is BrC1CCCCC1c1ccc2ncccc2c1. The summed E-state index contributed by atoms with van der Waals surface area (Å²) in [7, 11) is 0. The number of benzene rings is 1. The maximum Gasteiger partial charge on any atom is 0.0702 e. The van der Waals surface area contributed by atoms with Gasteiger partial charge in [-0.3, -0.25) is 4.98 Å². The van der Waals surface area contributed by atoms with Gasteiger partial charge in [0.2, 0.25) is 0 Å². The first-order chi connectivity index (χ1) is 8.34. The van der Waals surface area contributed by atoms with Crippen molar-refractivity contribution in [3.8, 4) is 0 Å². The van der Waals surface area contributed by atoms with Crippen LogP contribution in [0.5, 0.6) is 0 Å². The van der Waals surface area contributed by atoms with E-state index >= 15 is 0 Å². The summed E-state index contributed by atoms with van der Waals surface area (Å²) in [5.41, 5.74) is 2.56. The summed E-state index contributed by atoms with van der Waals surface area (Å²) in [6.07, 6.45) is 7.19. The molecule has 1 aliphatic carbocycles. The van der Waals surface area contributed by atoms with Gasteiger partial charge in [-0.25, -0.2) is 0 Å². The summed E-state index contributed by atoms with van der Waals surface area (Å²) in [5.74, 6) is 0.674. The average molecular weight is 290 g/mol. The molecule has 0 aliphatic heterocycles. The summed E-state index contributed by atoms with van der Waals surface area (Å²) < 4.78 is 0. The highest BCUT2D eigenvalue weighted by molar-refractivity contribution is 9.09. The lowest BCUT2D eigenvalue weighted by atomic mass is 9.83. The fourth-order valence-electron chi connectivity index (χ4n) is 2.79. The molecule has 2 atom stereocenters. The van der Waals surface area contributed by atoms with E-state index in [9.17, 15) is 0 Å². The molecule has 1 aliphatic rings. The third-order valence-corrected chi connectivity index (χ3v) is 4.83. The van der Waals surface area contributed by atoms with E-state index in [0.717, 1.165) is 5.52 Å². The minimum absolute atomic E-state index is 0.644. The fraction of sp³-hybridized carbons (Fsp3) is 0.400. The number of alkyl halides is 1. The zero-order chi connectivity index (χ0) is 11.7. The zero-order valence-electron chi connectivity index (χ0n) is 9.77. The topological polar surface area (TPSA) is 12.9 Å². The lowest BCUT2D eigenvalue weighted by molar-refractivity contribution is 0.461. The molecule has 1 aromatic carbocycles. The molecule has 1 heterocycles. The zero-order valence-corrected chi connectivity index (χ0v) is 11.4. The Morgan fingerprint density at radius 2 is 2.00 bits per heavy atom. The van der Waals surface area contributed by atoms with Crippen molar-refractivity contribution in [3.63, 3.8) is 0 Å². The molecule has 2 unspecified atom stereocenters. The van der Waals surface area contributed by atoms with E-state index in [4.69, 9.17) is 0 Å². The van der Waals surface area contributed by atoms with Crippen molar-refractivity contribution in [2.24, 2.45) is 0 Å². The Labute approximate surface area is 110 Å². The van der Waals surface area contributed by atoms with Gasteiger partial charge >= 0.3 is 0 Å². The summed E-state index contributed by atoms with van der Waals surface area (Å²) in [5, 5.41) is 1.26. The summed E-state index contributed by atoms with van der Waals surface area (Å²) in [4.78, 5) is 5.02. The summed E-state index contributed by atoms with van der Waals surface area (Å²) in [6.45, 7) is 0. The first-order valence-corrected chi connectivity index (χ1v) is 7.25. The molecule has 3 rings (SSSR count). The quantitative estimate of drug-likeness (QED) is 0.696. The second kappa shape index (κ2) is 4.77. The second-order valence-corrected chi connectivity index (χ2v) is 6.04. The fourth-order valence-corrected chi connectivity index (χ4v) is 3.68. The first-order valence-electron chi connectivity index (χ1n) is 6.33. The molecule has 1 saturated carbocycles. The normalized spacial score (nSPS) is 25.0. The molecule has 0 amide bonds. The number of aromatic nitrogens is 1. The van der Waals surface area contributed by atoms with Gasteiger partial charge in [0.25, 0.3) is 0 Å². The van der Waals surface area contributed by atoms with Crippen molar-refractivity contribution in [3.05, 3.63) is 42.1 Å². The lowest BCUT2D eigenvalue weighted by Crippen LogP contribution is -2.17. The van der Waals surface area contributed by atoms with Gasteiger partial charge in [-0.05, 0) is 42.5 Å². The van der Waals surface area contributed by atoms with E-state index in [1.807, 2.05) is 12.3 Å². The smallest absolute Gasteiger partial charge is 0.0702 e. The van der Waals surface area contributed by atoms with E-state index in [1.165, 1.54) is 36.6 Å². The van der Waals surface area contributed by atoms with Crippen LogP contribution in [0, 0.1) is 0 Å². The van der Waals surface area contributed by atoms with Crippen molar-refractivity contribution in [1.82, 2.24) is 4.98 Å². The molecule has 2 heteroatoms. The van der Waals surface area contributed by atoms with Crippen LogP contribution in [0.2, 0.25) is 0 Å². The van der Waals surface area contributed by atoms with E-state index in [0.29, 0.717) is 10.7 Å². The molecule has 0 bridgehead atoms. The largest absolute Gasteiger partial charge is 0.256 e. The van der Waals surface area contributed by atoms with E-state index in [-0.39, 0.29) is 0 Å². The molecule has 17 heavy (non-hydrogen) atoms. The Morgan fingerprint density at radius 1 is 1.12 bits per heavy atom. The molecule has 1 nitrogen and oxygen atoms in total. The highest BCUT2D eigenvalue weighted by Gasteiger charge is 2.24. The minimum Gasteiger partial charge on any atom is -0.256 e. The Balaban J connectivity index is 1.99. The van der Waals surface area contributed by atoms with Gasteiger partial charge in [0, 0.05) is 16.4 Å². The average Bonchev–Trinajstić information content (AvgIpc) is 2.39. The standard InChI is InChI=1S/C15H16BrN/c16-14-6-2-1-5-13(14)11-7-8-15-12(10-11)4-3-9-17-15/h3-4,7-10,13-14H,1-2,5-6H2. The Bertz CT molecular complexity index is 523. The highest BCUT2D eigenvalue weighted by atomic mass is 79.9. The molecule has 0 radical (unpaired) electrons. The van der Waals surface area contributed by atoms with E-state index in [1.54, 1.807) is 0 Å². The number of hydrogen-bond donors (Lipinski definition) is 0. The monoisotopic (exact) mass is 289 g/mol. The molecule has 88 valence electrons. The lowest BCUT2D eigenvalue weighted by Gasteiger charge is -2.27. The van der Waals surface area contributed by atoms with Crippen LogP contribution in [0.3, 0.4) is 0 Å². The maximum atomic E-state index is 4.37. The van der Waals surface area contributed by atoms with Crippen molar-refractivity contribution >= 4 is 26.8 Å². The van der Waals surface area contributed by atoms with Gasteiger partial charge in [0.15, 0.2) is 0 Å². The Kier molecular flexibility index (Phi) is 3.15. The van der Waals surface area contributed by atoms with Crippen LogP contribution >= 0.6 is 15.9 Å². The summed E-state index contributed by atoms with van der Waals surface area (Å²) in [6, 6.07) is 10.9. The third-order valence-electron chi connectivity index (χ3n) is 3.74. The molecular weight excluding hydrogens is 274 g/mol. The van der Waals surface area contributed by atoms with Crippen molar-refractivity contribution in [2.75, 3.05) is 0 Å². The number of rotatable bonds is 1. The molecular formula is C15H16BrN. The minimum atomic E-state index is 0.644. The number of hydrogen-bond acceptors (Lipinski definition) is 1. The van der Waals surface area contributed by atoms with Crippen LogP contribution in [-0.2, 0) is 0 Å². The molecule has 0 spiro atoms. The van der Waals surface area contributed by atoms with Gasteiger partial charge in [-0.15, -0.1) is 0 Å². The molecule has 2 aromatic rings. The van der Waals surface area contributed by atoms with Gasteiger partial charge < -0.3 is 0 Å². The Morgan fingerprint density at radius 3 is 2.88 bits per heavy atom. The maximum absolute atomic E-state index is 4.37. The van der Waals surface area contributed by atoms with Gasteiger partial charge in [0.1, 0.15) is 0 Å². The molecule has 0 saturated heterocycles. The first kappa shape index (κ1) is 11.2. The van der Waals surface area contributed by atoms with E-state index in [2.05, 4.69) is 45.2 Å². The van der Waals surface area contributed by atoms with Crippen LogP contribution in [0.4, 0.5) is 0 Å². The molecule has 1 fully saturated rings. The molecule has 1 aromatic heterocycles. The number of pyridine rings is 1. The highest BCUT2D eigenvalue weighted by Crippen LogP contribution is 2.38. The van der Waals surface area contributed by atoms with Gasteiger partial charge in [-0.1, -0.05) is 40.9 Å².